The summed E-state index contributed by atoms with van der Waals surface area (Å²) >= 11 is 0. The van der Waals surface area contributed by atoms with E-state index in [4.69, 9.17) is 23.7 Å². The molecule has 12 heteroatoms. The molecule has 0 radical (unpaired) electrons. The highest BCUT2D eigenvalue weighted by Crippen LogP contribution is 2.48. The number of H-pyrrole nitrogens is 1. The largest absolute Gasteiger partial charge is 0.463 e. The maximum atomic E-state index is 13.2. The van der Waals surface area contributed by atoms with Crippen LogP contribution in [0.5, 0.6) is 0 Å². The van der Waals surface area contributed by atoms with Gasteiger partial charge in [0.25, 0.3) is 5.56 Å². The van der Waals surface area contributed by atoms with Gasteiger partial charge in [-0.3, -0.25) is 14.3 Å². The lowest BCUT2D eigenvalue weighted by Crippen LogP contribution is -2.44. The maximum Gasteiger partial charge on any atom is 0.336 e. The smallest absolute Gasteiger partial charge is 0.336 e. The highest BCUT2D eigenvalue weighted by molar-refractivity contribution is 5.98. The third kappa shape index (κ3) is 4.51. The number of dihydropyridines is 1. The van der Waals surface area contributed by atoms with E-state index in [1.807, 2.05) is 0 Å². The molecule has 0 bridgehead atoms. The average molecular weight is 506 g/mol. The summed E-state index contributed by atoms with van der Waals surface area (Å²) in [4.78, 5) is 52.8. The number of nitrogens with one attached hydrogen (secondary N) is 2. The molecule has 0 saturated carbocycles. The van der Waals surface area contributed by atoms with Crippen molar-refractivity contribution in [1.29, 1.82) is 0 Å². The fourth-order valence-electron chi connectivity index (χ4n) is 5.06. The monoisotopic (exact) mass is 505 g/mol. The van der Waals surface area contributed by atoms with Crippen molar-refractivity contribution in [2.75, 3.05) is 13.2 Å². The third-order valence-electron chi connectivity index (χ3n) is 6.31. The van der Waals surface area contributed by atoms with E-state index < -0.39 is 59.4 Å². The second-order valence-corrected chi connectivity index (χ2v) is 9.19. The Bertz CT molecular complexity index is 1200. The molecule has 3 aliphatic rings. The number of esters is 2. The summed E-state index contributed by atoms with van der Waals surface area (Å²) in [5.41, 5.74) is 0.115. The lowest BCUT2D eigenvalue weighted by molar-refractivity contribution is -0.200. The summed E-state index contributed by atoms with van der Waals surface area (Å²) in [5.74, 6) is -3.23. The molecule has 1 aromatic heterocycles. The van der Waals surface area contributed by atoms with Crippen molar-refractivity contribution in [2.24, 2.45) is 5.92 Å². The van der Waals surface area contributed by atoms with Crippen LogP contribution in [0.3, 0.4) is 0 Å². The molecular weight excluding hydrogens is 474 g/mol. The van der Waals surface area contributed by atoms with Gasteiger partial charge in [0.2, 0.25) is 0 Å². The van der Waals surface area contributed by atoms with Crippen LogP contribution in [-0.2, 0) is 33.3 Å². The van der Waals surface area contributed by atoms with Gasteiger partial charge in [0.15, 0.2) is 12.0 Å². The lowest BCUT2D eigenvalue weighted by Gasteiger charge is -2.35. The van der Waals surface area contributed by atoms with Crippen LogP contribution in [0.15, 0.2) is 44.4 Å². The van der Waals surface area contributed by atoms with E-state index >= 15 is 0 Å². The SMILES string of the molecule is CCOC(=O)C1=C(C)NC(C)=C(C(=O)OCC)C1[C@H]1OC(n2ccc(=O)[nH]c2=O)C2OC(C)(C)OC21. The topological polar surface area (TPSA) is 147 Å². The van der Waals surface area contributed by atoms with E-state index in [0.717, 1.165) is 0 Å². The first-order valence-electron chi connectivity index (χ1n) is 11.8. The van der Waals surface area contributed by atoms with E-state index in [2.05, 4.69) is 10.3 Å². The molecule has 196 valence electrons. The van der Waals surface area contributed by atoms with Gasteiger partial charge in [-0.15, -0.1) is 0 Å². The highest BCUT2D eigenvalue weighted by atomic mass is 16.8. The van der Waals surface area contributed by atoms with Crippen molar-refractivity contribution >= 4 is 11.9 Å². The molecule has 1 aromatic rings. The summed E-state index contributed by atoms with van der Waals surface area (Å²) in [7, 11) is 0. The van der Waals surface area contributed by atoms with E-state index in [1.54, 1.807) is 41.5 Å². The summed E-state index contributed by atoms with van der Waals surface area (Å²) in [6, 6.07) is 1.20. The molecule has 0 amide bonds. The fourth-order valence-corrected chi connectivity index (χ4v) is 5.06. The molecule has 0 spiro atoms. The normalized spacial score (nSPS) is 27.6. The molecule has 2 saturated heterocycles. The first-order valence-corrected chi connectivity index (χ1v) is 11.8. The first kappa shape index (κ1) is 25.9. The lowest BCUT2D eigenvalue weighted by atomic mass is 9.79. The van der Waals surface area contributed by atoms with E-state index in [9.17, 15) is 19.2 Å². The molecular formula is C24H31N3O9. The summed E-state index contributed by atoms with van der Waals surface area (Å²) < 4.78 is 30.5. The Balaban J connectivity index is 1.86. The molecule has 36 heavy (non-hydrogen) atoms. The Morgan fingerprint density at radius 3 is 2.06 bits per heavy atom. The van der Waals surface area contributed by atoms with Gasteiger partial charge in [-0.05, 0) is 41.5 Å². The molecule has 4 atom stereocenters. The van der Waals surface area contributed by atoms with Gasteiger partial charge < -0.3 is 29.0 Å². The number of allylic oxidation sites excluding steroid dienone is 2. The number of hydrogen-bond acceptors (Lipinski definition) is 10. The molecule has 0 aromatic carbocycles. The summed E-state index contributed by atoms with van der Waals surface area (Å²) in [5, 5.41) is 3.08. The molecule has 3 unspecified atom stereocenters. The first-order chi connectivity index (χ1) is 17.0. The van der Waals surface area contributed by atoms with Crippen LogP contribution in [-0.4, -0.2) is 58.8 Å². The predicted octanol–water partition coefficient (Wildman–Crippen LogP) is 0.848. The van der Waals surface area contributed by atoms with Gasteiger partial charge in [-0.25, -0.2) is 14.4 Å². The molecule has 12 nitrogen and oxygen atoms in total. The van der Waals surface area contributed by atoms with E-state index in [1.165, 1.54) is 16.8 Å². The van der Waals surface area contributed by atoms with Crippen molar-refractivity contribution in [3.63, 3.8) is 0 Å². The number of rotatable bonds is 6. The number of aromatic nitrogens is 2. The Hall–Kier alpha value is -3.22. The minimum atomic E-state index is -1.04. The second-order valence-electron chi connectivity index (χ2n) is 9.19. The van der Waals surface area contributed by atoms with Crippen LogP contribution in [0.2, 0.25) is 0 Å². The molecule has 4 heterocycles. The zero-order valence-corrected chi connectivity index (χ0v) is 21.1. The summed E-state index contributed by atoms with van der Waals surface area (Å²) in [6.07, 6.45) is -2.19. The standard InChI is InChI=1S/C24H31N3O9/c1-7-32-21(29)14-11(3)25-12(4)15(22(30)33-8-2)16(14)17-18-19(36-24(5,6)35-18)20(34-17)27-10-9-13(28)26-23(27)31/h9-10,16-20,25H,7-8H2,1-6H3,(H,26,28,31)/t17-,18?,19?,20?/m1/s1. The Labute approximate surface area is 207 Å². The second kappa shape index (κ2) is 9.68. The van der Waals surface area contributed by atoms with Crippen molar-refractivity contribution in [2.45, 2.75) is 71.9 Å². The fraction of sp³-hybridized carbons (Fsp3) is 0.583. The van der Waals surface area contributed by atoms with Crippen LogP contribution in [0.1, 0.15) is 47.8 Å². The third-order valence-corrected chi connectivity index (χ3v) is 6.31. The van der Waals surface area contributed by atoms with Gasteiger partial charge in [0, 0.05) is 23.7 Å². The molecule has 0 aliphatic carbocycles. The van der Waals surface area contributed by atoms with Crippen LogP contribution >= 0.6 is 0 Å². The minimum absolute atomic E-state index is 0.124. The van der Waals surface area contributed by atoms with Crippen molar-refractivity contribution in [3.8, 4) is 0 Å². The van der Waals surface area contributed by atoms with E-state index in [-0.39, 0.29) is 24.4 Å². The number of aromatic amines is 1. The van der Waals surface area contributed by atoms with Gasteiger partial charge in [-0.2, -0.15) is 0 Å². The van der Waals surface area contributed by atoms with Gasteiger partial charge >= 0.3 is 17.6 Å². The Morgan fingerprint density at radius 1 is 0.972 bits per heavy atom. The number of carbonyl (C=O) groups is 2. The van der Waals surface area contributed by atoms with Gasteiger partial charge in [0.1, 0.15) is 18.3 Å². The van der Waals surface area contributed by atoms with Crippen LogP contribution in [0.4, 0.5) is 0 Å². The Kier molecular flexibility index (Phi) is 6.95. The zero-order chi connectivity index (χ0) is 26.4. The maximum absolute atomic E-state index is 13.2. The quantitative estimate of drug-likeness (QED) is 0.533. The zero-order valence-electron chi connectivity index (χ0n) is 21.1. The Morgan fingerprint density at radius 2 is 1.53 bits per heavy atom. The molecule has 4 rings (SSSR count). The molecule has 3 aliphatic heterocycles. The van der Waals surface area contributed by atoms with Crippen LogP contribution in [0.25, 0.3) is 0 Å². The van der Waals surface area contributed by atoms with Crippen LogP contribution < -0.4 is 16.6 Å². The van der Waals surface area contributed by atoms with Crippen molar-refractivity contribution in [3.05, 3.63) is 55.6 Å². The number of fused-ring (bicyclic) bond motifs is 1. The number of hydrogen-bond donors (Lipinski definition) is 2. The van der Waals surface area contributed by atoms with Gasteiger partial charge in [0.05, 0.1) is 30.3 Å². The van der Waals surface area contributed by atoms with Gasteiger partial charge in [-0.1, -0.05) is 0 Å². The van der Waals surface area contributed by atoms with Crippen molar-refractivity contribution in [1.82, 2.24) is 14.9 Å². The minimum Gasteiger partial charge on any atom is -0.463 e. The van der Waals surface area contributed by atoms with Crippen LogP contribution in [0, 0.1) is 5.92 Å². The predicted molar refractivity (Wildman–Crippen MR) is 124 cm³/mol. The summed E-state index contributed by atoms with van der Waals surface area (Å²) in [6.45, 7) is 10.5. The number of ether oxygens (including phenoxy) is 5. The number of nitrogens with zero attached hydrogens (tertiary/aromatic N) is 1. The number of carbonyl (C=O) groups excluding carboxylic acids is 2. The highest BCUT2D eigenvalue weighted by Gasteiger charge is 2.60. The molecule has 2 N–H and O–H groups in total. The van der Waals surface area contributed by atoms with E-state index in [0.29, 0.717) is 11.4 Å². The van der Waals surface area contributed by atoms with Crippen molar-refractivity contribution < 1.29 is 33.3 Å². The average Bonchev–Trinajstić information content (AvgIpc) is 3.26. The molecule has 2 fully saturated rings.